The van der Waals surface area contributed by atoms with Crippen molar-refractivity contribution in [3.63, 3.8) is 0 Å². The van der Waals surface area contributed by atoms with Gasteiger partial charge in [-0.05, 0) is 18.9 Å². The fourth-order valence-corrected chi connectivity index (χ4v) is 2.24. The standard InChI is InChI=1S/C16H27N3O/c1-3-4-5-6-9-13(2)18-12-14-10-7-8-11-15(14)16(17)19-20/h7-8,10-11,13,18,20H,3-6,9,12H2,1-2H3,(H2,17,19). The van der Waals surface area contributed by atoms with Gasteiger partial charge in [-0.15, -0.1) is 0 Å². The highest BCUT2D eigenvalue weighted by atomic mass is 16.4. The van der Waals surface area contributed by atoms with Crippen LogP contribution in [0.1, 0.15) is 57.1 Å². The molecular weight excluding hydrogens is 250 g/mol. The molecule has 0 bridgehead atoms. The lowest BCUT2D eigenvalue weighted by Gasteiger charge is -2.15. The maximum Gasteiger partial charge on any atom is 0.170 e. The molecule has 0 spiro atoms. The Bertz CT molecular complexity index is 418. The number of oxime groups is 1. The lowest BCUT2D eigenvalue weighted by Crippen LogP contribution is -2.27. The molecule has 0 heterocycles. The van der Waals surface area contributed by atoms with Crippen molar-refractivity contribution in [2.24, 2.45) is 10.9 Å². The summed E-state index contributed by atoms with van der Waals surface area (Å²) in [4.78, 5) is 0. The zero-order valence-corrected chi connectivity index (χ0v) is 12.6. The summed E-state index contributed by atoms with van der Waals surface area (Å²) in [5.41, 5.74) is 7.54. The predicted octanol–water partition coefficient (Wildman–Crippen LogP) is 3.23. The van der Waals surface area contributed by atoms with Crippen LogP contribution in [0.15, 0.2) is 29.4 Å². The molecule has 0 saturated heterocycles. The molecule has 4 N–H and O–H groups in total. The molecule has 0 aliphatic heterocycles. The van der Waals surface area contributed by atoms with Gasteiger partial charge in [-0.25, -0.2) is 0 Å². The molecule has 4 nitrogen and oxygen atoms in total. The number of unbranched alkanes of at least 4 members (excludes halogenated alkanes) is 3. The maximum absolute atomic E-state index is 8.80. The summed E-state index contributed by atoms with van der Waals surface area (Å²) in [6, 6.07) is 8.22. The normalized spacial score (nSPS) is 13.4. The first kappa shape index (κ1) is 16.5. The summed E-state index contributed by atoms with van der Waals surface area (Å²) in [6.45, 7) is 5.17. The summed E-state index contributed by atoms with van der Waals surface area (Å²) in [7, 11) is 0. The topological polar surface area (TPSA) is 70.6 Å². The molecule has 0 aromatic heterocycles. The number of nitrogens with zero attached hydrogens (tertiary/aromatic N) is 1. The largest absolute Gasteiger partial charge is 0.409 e. The van der Waals surface area contributed by atoms with E-state index in [1.807, 2.05) is 24.3 Å². The lowest BCUT2D eigenvalue weighted by molar-refractivity contribution is 0.318. The molecule has 4 heteroatoms. The number of amidine groups is 1. The Balaban J connectivity index is 2.45. The molecule has 0 fully saturated rings. The zero-order chi connectivity index (χ0) is 14.8. The quantitative estimate of drug-likeness (QED) is 0.213. The van der Waals surface area contributed by atoms with Crippen LogP contribution in [0.3, 0.4) is 0 Å². The van der Waals surface area contributed by atoms with E-state index < -0.39 is 0 Å². The van der Waals surface area contributed by atoms with E-state index in [0.717, 1.165) is 17.7 Å². The Kier molecular flexibility index (Phi) is 7.73. The van der Waals surface area contributed by atoms with Crippen LogP contribution in [0.5, 0.6) is 0 Å². The predicted molar refractivity (Wildman–Crippen MR) is 84.0 cm³/mol. The van der Waals surface area contributed by atoms with Gasteiger partial charge in [-0.2, -0.15) is 0 Å². The SMILES string of the molecule is CCCCCCC(C)NCc1ccccc1C(N)=NO. The van der Waals surface area contributed by atoms with Gasteiger partial charge in [-0.3, -0.25) is 0 Å². The molecule has 1 aromatic carbocycles. The van der Waals surface area contributed by atoms with E-state index >= 15 is 0 Å². The minimum atomic E-state index is 0.165. The van der Waals surface area contributed by atoms with Crippen molar-refractivity contribution >= 4 is 5.84 Å². The third-order valence-electron chi connectivity index (χ3n) is 3.53. The maximum atomic E-state index is 8.80. The molecule has 0 aliphatic rings. The zero-order valence-electron chi connectivity index (χ0n) is 12.6. The van der Waals surface area contributed by atoms with Crippen LogP contribution in [0.4, 0.5) is 0 Å². The van der Waals surface area contributed by atoms with E-state index in [-0.39, 0.29) is 5.84 Å². The van der Waals surface area contributed by atoms with Crippen molar-refractivity contribution in [3.8, 4) is 0 Å². The van der Waals surface area contributed by atoms with Crippen LogP contribution in [-0.4, -0.2) is 17.1 Å². The van der Waals surface area contributed by atoms with E-state index in [1.54, 1.807) is 0 Å². The van der Waals surface area contributed by atoms with E-state index in [2.05, 4.69) is 24.3 Å². The van der Waals surface area contributed by atoms with Crippen LogP contribution < -0.4 is 11.1 Å². The van der Waals surface area contributed by atoms with Gasteiger partial charge in [-0.1, -0.05) is 62.0 Å². The summed E-state index contributed by atoms with van der Waals surface area (Å²) in [5.74, 6) is 0.165. The number of nitrogens with two attached hydrogens (primary N) is 1. The first-order chi connectivity index (χ1) is 9.69. The Morgan fingerprint density at radius 1 is 1.30 bits per heavy atom. The van der Waals surface area contributed by atoms with Crippen molar-refractivity contribution in [1.82, 2.24) is 5.32 Å². The van der Waals surface area contributed by atoms with Gasteiger partial charge in [0.15, 0.2) is 5.84 Å². The molecule has 1 atom stereocenters. The van der Waals surface area contributed by atoms with Gasteiger partial charge in [0.1, 0.15) is 0 Å². The lowest BCUT2D eigenvalue weighted by atomic mass is 10.1. The van der Waals surface area contributed by atoms with Crippen molar-refractivity contribution < 1.29 is 5.21 Å². The van der Waals surface area contributed by atoms with Crippen LogP contribution >= 0.6 is 0 Å². The smallest absolute Gasteiger partial charge is 0.170 e. The molecule has 20 heavy (non-hydrogen) atoms. The molecule has 0 aliphatic carbocycles. The summed E-state index contributed by atoms with van der Waals surface area (Å²) < 4.78 is 0. The van der Waals surface area contributed by atoms with Crippen molar-refractivity contribution in [3.05, 3.63) is 35.4 Å². The molecule has 0 saturated carbocycles. The first-order valence-electron chi connectivity index (χ1n) is 7.48. The molecule has 1 rings (SSSR count). The monoisotopic (exact) mass is 277 g/mol. The molecule has 0 radical (unpaired) electrons. The van der Waals surface area contributed by atoms with E-state index in [1.165, 1.54) is 32.1 Å². The Hall–Kier alpha value is -1.55. The third kappa shape index (κ3) is 5.61. The van der Waals surface area contributed by atoms with Crippen LogP contribution in [0, 0.1) is 0 Å². The van der Waals surface area contributed by atoms with Gasteiger partial charge in [0, 0.05) is 18.2 Å². The van der Waals surface area contributed by atoms with Gasteiger partial charge < -0.3 is 16.3 Å². The van der Waals surface area contributed by atoms with Crippen LogP contribution in [0.2, 0.25) is 0 Å². The summed E-state index contributed by atoms with van der Waals surface area (Å²) >= 11 is 0. The number of benzene rings is 1. The van der Waals surface area contributed by atoms with Crippen molar-refractivity contribution in [2.45, 2.75) is 58.5 Å². The number of rotatable bonds is 9. The van der Waals surface area contributed by atoms with Gasteiger partial charge in [0.05, 0.1) is 0 Å². The minimum Gasteiger partial charge on any atom is -0.409 e. The third-order valence-corrected chi connectivity index (χ3v) is 3.53. The highest BCUT2D eigenvalue weighted by Gasteiger charge is 2.07. The molecule has 1 unspecified atom stereocenters. The first-order valence-corrected chi connectivity index (χ1v) is 7.48. The van der Waals surface area contributed by atoms with Crippen LogP contribution in [0.25, 0.3) is 0 Å². The van der Waals surface area contributed by atoms with E-state index in [0.29, 0.717) is 6.04 Å². The fourth-order valence-electron chi connectivity index (χ4n) is 2.24. The average Bonchev–Trinajstić information content (AvgIpc) is 2.49. The minimum absolute atomic E-state index is 0.165. The number of nitrogens with one attached hydrogen (secondary N) is 1. The second kappa shape index (κ2) is 9.37. The summed E-state index contributed by atoms with van der Waals surface area (Å²) in [6.07, 6.45) is 6.35. The molecule has 1 aromatic rings. The van der Waals surface area contributed by atoms with E-state index in [4.69, 9.17) is 10.9 Å². The number of hydrogen-bond acceptors (Lipinski definition) is 3. The van der Waals surface area contributed by atoms with Crippen molar-refractivity contribution in [1.29, 1.82) is 0 Å². The molecule has 112 valence electrons. The second-order valence-corrected chi connectivity index (χ2v) is 5.27. The Morgan fingerprint density at radius 2 is 2.05 bits per heavy atom. The van der Waals surface area contributed by atoms with Gasteiger partial charge in [0.2, 0.25) is 0 Å². The second-order valence-electron chi connectivity index (χ2n) is 5.27. The summed E-state index contributed by atoms with van der Waals surface area (Å²) in [5, 5.41) is 15.4. The van der Waals surface area contributed by atoms with E-state index in [9.17, 15) is 0 Å². The number of hydrogen-bond donors (Lipinski definition) is 3. The Morgan fingerprint density at radius 3 is 2.75 bits per heavy atom. The van der Waals surface area contributed by atoms with Gasteiger partial charge in [0.25, 0.3) is 0 Å². The molecule has 0 amide bonds. The van der Waals surface area contributed by atoms with Crippen molar-refractivity contribution in [2.75, 3.05) is 0 Å². The average molecular weight is 277 g/mol. The fraction of sp³-hybridized carbons (Fsp3) is 0.562. The Labute approximate surface area is 122 Å². The van der Waals surface area contributed by atoms with Gasteiger partial charge >= 0.3 is 0 Å². The molecular formula is C16H27N3O. The highest BCUT2D eigenvalue weighted by Crippen LogP contribution is 2.10. The highest BCUT2D eigenvalue weighted by molar-refractivity contribution is 5.98. The van der Waals surface area contributed by atoms with Crippen LogP contribution in [-0.2, 0) is 6.54 Å².